The van der Waals surface area contributed by atoms with Crippen molar-refractivity contribution in [1.29, 1.82) is 0 Å². The highest BCUT2D eigenvalue weighted by Crippen LogP contribution is 2.18. The summed E-state index contributed by atoms with van der Waals surface area (Å²) < 4.78 is 5.18. The molecule has 20 heavy (non-hydrogen) atoms. The third kappa shape index (κ3) is 4.66. The highest BCUT2D eigenvalue weighted by atomic mass is 16.5. The summed E-state index contributed by atoms with van der Waals surface area (Å²) >= 11 is 0. The fourth-order valence-electron chi connectivity index (χ4n) is 1.90. The van der Waals surface area contributed by atoms with Crippen molar-refractivity contribution in [2.45, 2.75) is 13.8 Å². The molecule has 0 heterocycles. The molecule has 0 aliphatic heterocycles. The van der Waals surface area contributed by atoms with Crippen LogP contribution in [0.5, 0.6) is 5.75 Å². The van der Waals surface area contributed by atoms with Crippen molar-refractivity contribution in [3.8, 4) is 5.75 Å². The molecule has 0 saturated carbocycles. The molecule has 0 spiro atoms. The molecule has 1 N–H and O–H groups in total. The second-order valence-electron chi connectivity index (χ2n) is 4.38. The number of carbonyl (C=O) groups is 2. The van der Waals surface area contributed by atoms with Crippen LogP contribution in [-0.2, 0) is 4.79 Å². The third-order valence-electron chi connectivity index (χ3n) is 2.96. The zero-order chi connectivity index (χ0) is 15.0. The molecule has 0 atom stereocenters. The number of nitrogens with zero attached hydrogens (tertiary/aromatic N) is 1. The van der Waals surface area contributed by atoms with E-state index in [1.165, 1.54) is 0 Å². The monoisotopic (exact) mass is 278 g/mol. The second-order valence-corrected chi connectivity index (χ2v) is 4.38. The summed E-state index contributed by atoms with van der Waals surface area (Å²) in [5.74, 6) is 0.447. The first kappa shape index (κ1) is 16.2. The van der Waals surface area contributed by atoms with Gasteiger partial charge in [0.1, 0.15) is 5.75 Å². The first-order valence-electron chi connectivity index (χ1n) is 6.77. The number of hydrogen-bond acceptors (Lipinski definition) is 4. The lowest BCUT2D eigenvalue weighted by atomic mass is 10.1. The first-order valence-corrected chi connectivity index (χ1v) is 6.77. The second kappa shape index (κ2) is 8.32. The van der Waals surface area contributed by atoms with E-state index in [-0.39, 0.29) is 24.8 Å². The highest BCUT2D eigenvalue weighted by molar-refractivity contribution is 6.00. The number of nitrogens with one attached hydrogen (secondary N) is 1. The van der Waals surface area contributed by atoms with Gasteiger partial charge in [-0.25, -0.2) is 0 Å². The zero-order valence-electron chi connectivity index (χ0n) is 12.3. The van der Waals surface area contributed by atoms with Crippen molar-refractivity contribution in [3.63, 3.8) is 0 Å². The average molecular weight is 278 g/mol. The van der Waals surface area contributed by atoms with Crippen LogP contribution in [0.15, 0.2) is 24.3 Å². The van der Waals surface area contributed by atoms with Crippen LogP contribution in [0, 0.1) is 0 Å². The van der Waals surface area contributed by atoms with Gasteiger partial charge in [0.2, 0.25) is 5.91 Å². The molecule has 1 aromatic carbocycles. The van der Waals surface area contributed by atoms with Gasteiger partial charge in [0.05, 0.1) is 25.8 Å². The van der Waals surface area contributed by atoms with Gasteiger partial charge >= 0.3 is 0 Å². The molecule has 0 fully saturated rings. The first-order chi connectivity index (χ1) is 9.62. The summed E-state index contributed by atoms with van der Waals surface area (Å²) in [6, 6.07) is 7.12. The molecule has 1 amide bonds. The quantitative estimate of drug-likeness (QED) is 0.729. The molecule has 0 aliphatic rings. The molecule has 110 valence electrons. The number of Topliss-reactive ketones (excluding diaryl/α,β-unsaturated/α-hetero) is 1. The van der Waals surface area contributed by atoms with Crippen LogP contribution in [0.25, 0.3) is 0 Å². The van der Waals surface area contributed by atoms with Crippen LogP contribution < -0.4 is 10.1 Å². The molecule has 0 unspecified atom stereocenters. The van der Waals surface area contributed by atoms with E-state index in [0.717, 1.165) is 0 Å². The van der Waals surface area contributed by atoms with Crippen molar-refractivity contribution < 1.29 is 14.3 Å². The van der Waals surface area contributed by atoms with Crippen LogP contribution in [0.1, 0.15) is 24.2 Å². The molecular weight excluding hydrogens is 256 g/mol. The Kier molecular flexibility index (Phi) is 6.73. The number of ketones is 1. The number of para-hydroxylation sites is 1. The fraction of sp³-hybridized carbons (Fsp3) is 0.467. The van der Waals surface area contributed by atoms with Crippen LogP contribution in [0.3, 0.4) is 0 Å². The lowest BCUT2D eigenvalue weighted by Gasteiger charge is -2.19. The lowest BCUT2D eigenvalue weighted by Crippen LogP contribution is -2.39. The van der Waals surface area contributed by atoms with Gasteiger partial charge < -0.3 is 10.1 Å². The Labute approximate surface area is 119 Å². The Balaban J connectivity index is 2.69. The maximum absolute atomic E-state index is 12.3. The van der Waals surface area contributed by atoms with Gasteiger partial charge in [-0.3, -0.25) is 14.5 Å². The zero-order valence-corrected chi connectivity index (χ0v) is 12.3. The molecule has 1 rings (SSSR count). The standard InChI is InChI=1S/C15H22N2O3/c1-4-16-15(19)11-17(5-2)10-13(18)12-8-6-7-9-14(12)20-3/h6-9H,4-5,10-11H2,1-3H3,(H,16,19). The van der Waals surface area contributed by atoms with Crippen molar-refractivity contribution in [3.05, 3.63) is 29.8 Å². The molecule has 0 aromatic heterocycles. The van der Waals surface area contributed by atoms with Gasteiger partial charge in [-0.05, 0) is 25.6 Å². The van der Waals surface area contributed by atoms with Crippen LogP contribution in [-0.4, -0.2) is 49.9 Å². The summed E-state index contributed by atoms with van der Waals surface area (Å²) in [6.45, 7) is 5.46. The molecule has 0 bridgehead atoms. The molecule has 0 saturated heterocycles. The Morgan fingerprint density at radius 1 is 1.20 bits per heavy atom. The Morgan fingerprint density at radius 2 is 1.90 bits per heavy atom. The van der Waals surface area contributed by atoms with E-state index >= 15 is 0 Å². The number of benzene rings is 1. The molecule has 0 aliphatic carbocycles. The normalized spacial score (nSPS) is 10.4. The summed E-state index contributed by atoms with van der Waals surface area (Å²) in [6.07, 6.45) is 0. The van der Waals surface area contributed by atoms with E-state index < -0.39 is 0 Å². The molecule has 5 heteroatoms. The minimum absolute atomic E-state index is 0.0476. The summed E-state index contributed by atoms with van der Waals surface area (Å²) in [5.41, 5.74) is 0.546. The molecular formula is C15H22N2O3. The smallest absolute Gasteiger partial charge is 0.234 e. The number of hydrogen-bond donors (Lipinski definition) is 1. The number of rotatable bonds is 8. The van der Waals surface area contributed by atoms with Gasteiger partial charge in [-0.1, -0.05) is 19.1 Å². The maximum atomic E-state index is 12.3. The number of likely N-dealkylation sites (N-methyl/N-ethyl adjacent to an activating group) is 2. The number of carbonyl (C=O) groups excluding carboxylic acids is 2. The Morgan fingerprint density at radius 3 is 2.50 bits per heavy atom. The highest BCUT2D eigenvalue weighted by Gasteiger charge is 2.16. The Bertz CT molecular complexity index is 460. The number of ether oxygens (including phenoxy) is 1. The van der Waals surface area contributed by atoms with E-state index in [2.05, 4.69) is 5.32 Å². The molecule has 0 radical (unpaired) electrons. The average Bonchev–Trinajstić information content (AvgIpc) is 2.46. The van der Waals surface area contributed by atoms with Crippen molar-refractivity contribution in [1.82, 2.24) is 10.2 Å². The largest absolute Gasteiger partial charge is 0.496 e. The summed E-state index contributed by atoms with van der Waals surface area (Å²) in [7, 11) is 1.54. The topological polar surface area (TPSA) is 58.6 Å². The molecule has 1 aromatic rings. The van der Waals surface area contributed by atoms with Crippen LogP contribution >= 0.6 is 0 Å². The summed E-state index contributed by atoms with van der Waals surface area (Å²) in [4.78, 5) is 25.6. The van der Waals surface area contributed by atoms with Gasteiger partial charge in [0.25, 0.3) is 0 Å². The van der Waals surface area contributed by atoms with E-state index in [0.29, 0.717) is 24.4 Å². The maximum Gasteiger partial charge on any atom is 0.234 e. The Hall–Kier alpha value is -1.88. The van der Waals surface area contributed by atoms with E-state index in [1.807, 2.05) is 19.9 Å². The van der Waals surface area contributed by atoms with Crippen molar-refractivity contribution in [2.75, 3.05) is 33.3 Å². The predicted molar refractivity (Wildman–Crippen MR) is 78.1 cm³/mol. The minimum Gasteiger partial charge on any atom is -0.496 e. The van der Waals surface area contributed by atoms with E-state index in [1.54, 1.807) is 30.2 Å². The molecule has 5 nitrogen and oxygen atoms in total. The van der Waals surface area contributed by atoms with Gasteiger partial charge in [0, 0.05) is 6.54 Å². The van der Waals surface area contributed by atoms with Gasteiger partial charge in [-0.2, -0.15) is 0 Å². The van der Waals surface area contributed by atoms with E-state index in [9.17, 15) is 9.59 Å². The SMILES string of the molecule is CCNC(=O)CN(CC)CC(=O)c1ccccc1OC. The van der Waals surface area contributed by atoms with E-state index in [4.69, 9.17) is 4.74 Å². The van der Waals surface area contributed by atoms with Crippen LogP contribution in [0.4, 0.5) is 0 Å². The minimum atomic E-state index is -0.0674. The lowest BCUT2D eigenvalue weighted by molar-refractivity contribution is -0.121. The predicted octanol–water partition coefficient (Wildman–Crippen LogP) is 1.34. The van der Waals surface area contributed by atoms with Crippen molar-refractivity contribution in [2.24, 2.45) is 0 Å². The van der Waals surface area contributed by atoms with Gasteiger partial charge in [0.15, 0.2) is 5.78 Å². The van der Waals surface area contributed by atoms with Crippen molar-refractivity contribution >= 4 is 11.7 Å². The van der Waals surface area contributed by atoms with Crippen LogP contribution in [0.2, 0.25) is 0 Å². The third-order valence-corrected chi connectivity index (χ3v) is 2.96. The summed E-state index contributed by atoms with van der Waals surface area (Å²) in [5, 5.41) is 2.73. The number of amides is 1. The fourth-order valence-corrected chi connectivity index (χ4v) is 1.90. The van der Waals surface area contributed by atoms with Gasteiger partial charge in [-0.15, -0.1) is 0 Å². The number of methoxy groups -OCH3 is 1.